The highest BCUT2D eigenvalue weighted by Crippen LogP contribution is 2.44. The first-order valence-electron chi connectivity index (χ1n) is 8.77. The number of carbonyl (C=O) groups is 1. The van der Waals surface area contributed by atoms with Crippen molar-refractivity contribution >= 4 is 11.8 Å². The maximum absolute atomic E-state index is 14.1. The van der Waals surface area contributed by atoms with Crippen molar-refractivity contribution in [2.45, 2.75) is 12.8 Å². The second-order valence-electron chi connectivity index (χ2n) is 6.66. The summed E-state index contributed by atoms with van der Waals surface area (Å²) in [4.78, 5) is 12.2. The molecule has 0 radical (unpaired) electrons. The van der Waals surface area contributed by atoms with E-state index >= 15 is 0 Å². The van der Waals surface area contributed by atoms with Crippen LogP contribution in [-0.2, 0) is 4.74 Å². The van der Waals surface area contributed by atoms with Crippen molar-refractivity contribution in [3.63, 3.8) is 0 Å². The Hall–Kier alpha value is -3.41. The molecule has 0 saturated carbocycles. The van der Waals surface area contributed by atoms with Gasteiger partial charge in [-0.25, -0.2) is 13.6 Å². The number of phenolic OH excluding ortho intramolecular Hbond substituents is 1. The van der Waals surface area contributed by atoms with Crippen LogP contribution in [0, 0.1) is 18.6 Å². The lowest BCUT2D eigenvalue weighted by molar-refractivity contribution is 0.158. The number of hydrogen-bond donors (Lipinski definition) is 2. The highest BCUT2D eigenvalue weighted by Gasteiger charge is 2.29. The van der Waals surface area contributed by atoms with Crippen LogP contribution in [-0.4, -0.2) is 17.8 Å². The van der Waals surface area contributed by atoms with E-state index < -0.39 is 29.2 Å². The summed E-state index contributed by atoms with van der Waals surface area (Å²) < 4.78 is 33.0. The Labute approximate surface area is 160 Å². The van der Waals surface area contributed by atoms with Gasteiger partial charge < -0.3 is 9.84 Å². The van der Waals surface area contributed by atoms with Gasteiger partial charge in [-0.3, -0.25) is 5.32 Å². The molecular weight excluding hydrogens is 364 g/mol. The van der Waals surface area contributed by atoms with Gasteiger partial charge in [-0.05, 0) is 40.8 Å². The van der Waals surface area contributed by atoms with E-state index in [2.05, 4.69) is 5.32 Å². The molecule has 4 nitrogen and oxygen atoms in total. The third-order valence-electron chi connectivity index (χ3n) is 4.94. The number of benzene rings is 3. The van der Waals surface area contributed by atoms with Crippen LogP contribution in [0.25, 0.3) is 11.1 Å². The summed E-state index contributed by atoms with van der Waals surface area (Å²) in [6.45, 7) is 1.36. The topological polar surface area (TPSA) is 58.6 Å². The van der Waals surface area contributed by atoms with Gasteiger partial charge in [-0.15, -0.1) is 0 Å². The fourth-order valence-electron chi connectivity index (χ4n) is 3.59. The van der Waals surface area contributed by atoms with E-state index in [9.17, 15) is 18.7 Å². The van der Waals surface area contributed by atoms with Crippen molar-refractivity contribution in [3.05, 3.63) is 82.9 Å². The number of phenols is 1. The van der Waals surface area contributed by atoms with Gasteiger partial charge in [0.2, 0.25) is 0 Å². The molecule has 3 aromatic rings. The van der Waals surface area contributed by atoms with Crippen LogP contribution >= 0.6 is 0 Å². The van der Waals surface area contributed by atoms with E-state index in [1.54, 1.807) is 0 Å². The molecule has 28 heavy (non-hydrogen) atoms. The first-order valence-corrected chi connectivity index (χ1v) is 8.77. The molecule has 0 aromatic heterocycles. The lowest BCUT2D eigenvalue weighted by Crippen LogP contribution is -2.19. The van der Waals surface area contributed by atoms with Crippen molar-refractivity contribution < 1.29 is 23.4 Å². The standard InChI is InChI=1S/C22H17F2NO3/c1-12-10-18(23)21(26)20(19(12)24)25-22(27)28-11-17-15-8-4-2-6-13(15)14-7-3-5-9-16(14)17/h2-10,17,26H,11H2,1H3,(H,25,27). The van der Waals surface area contributed by atoms with Crippen molar-refractivity contribution in [1.29, 1.82) is 0 Å². The summed E-state index contributed by atoms with van der Waals surface area (Å²) in [6, 6.07) is 16.6. The maximum Gasteiger partial charge on any atom is 0.411 e. The summed E-state index contributed by atoms with van der Waals surface area (Å²) in [7, 11) is 0. The second-order valence-corrected chi connectivity index (χ2v) is 6.66. The first-order chi connectivity index (χ1) is 13.5. The van der Waals surface area contributed by atoms with Crippen molar-refractivity contribution in [3.8, 4) is 16.9 Å². The molecule has 0 atom stereocenters. The number of nitrogens with one attached hydrogen (secondary N) is 1. The van der Waals surface area contributed by atoms with Gasteiger partial charge in [0.15, 0.2) is 17.4 Å². The van der Waals surface area contributed by atoms with E-state index in [4.69, 9.17) is 4.74 Å². The Morgan fingerprint density at radius 3 is 2.25 bits per heavy atom. The Bertz CT molecular complexity index is 1010. The molecular formula is C22H17F2NO3. The number of aromatic hydroxyl groups is 1. The average molecular weight is 381 g/mol. The molecule has 0 unspecified atom stereocenters. The largest absolute Gasteiger partial charge is 0.503 e. The molecule has 0 bridgehead atoms. The fraction of sp³-hybridized carbons (Fsp3) is 0.136. The number of rotatable bonds is 3. The van der Waals surface area contributed by atoms with Gasteiger partial charge in [-0.2, -0.15) is 0 Å². The van der Waals surface area contributed by atoms with Crippen molar-refractivity contribution in [1.82, 2.24) is 0 Å². The molecule has 0 aliphatic heterocycles. The molecule has 4 rings (SSSR count). The molecule has 2 N–H and O–H groups in total. The predicted molar refractivity (Wildman–Crippen MR) is 101 cm³/mol. The van der Waals surface area contributed by atoms with Gasteiger partial charge in [0.05, 0.1) is 0 Å². The zero-order valence-corrected chi connectivity index (χ0v) is 15.0. The molecule has 0 saturated heterocycles. The Morgan fingerprint density at radius 1 is 1.07 bits per heavy atom. The fourth-order valence-corrected chi connectivity index (χ4v) is 3.59. The van der Waals surface area contributed by atoms with Crippen LogP contribution in [0.15, 0.2) is 54.6 Å². The normalized spacial score (nSPS) is 12.4. The van der Waals surface area contributed by atoms with E-state index in [0.29, 0.717) is 0 Å². The molecule has 1 amide bonds. The minimum atomic E-state index is -1.02. The Morgan fingerprint density at radius 2 is 1.64 bits per heavy atom. The van der Waals surface area contributed by atoms with Gasteiger partial charge in [0.25, 0.3) is 0 Å². The van der Waals surface area contributed by atoms with Gasteiger partial charge >= 0.3 is 6.09 Å². The average Bonchev–Trinajstić information content (AvgIpc) is 3.02. The molecule has 6 heteroatoms. The summed E-state index contributed by atoms with van der Waals surface area (Å²) in [6.07, 6.45) is -0.971. The third kappa shape index (κ3) is 2.97. The Balaban J connectivity index is 1.54. The lowest BCUT2D eigenvalue weighted by Gasteiger charge is -2.15. The van der Waals surface area contributed by atoms with Crippen LogP contribution in [0.2, 0.25) is 0 Å². The number of fused-ring (bicyclic) bond motifs is 3. The third-order valence-corrected chi connectivity index (χ3v) is 4.94. The zero-order chi connectivity index (χ0) is 19.8. The highest BCUT2D eigenvalue weighted by molar-refractivity contribution is 5.87. The SMILES string of the molecule is Cc1cc(F)c(O)c(NC(=O)OCC2c3ccccc3-c3ccccc32)c1F. The van der Waals surface area contributed by atoms with E-state index in [0.717, 1.165) is 28.3 Å². The minimum Gasteiger partial charge on any atom is -0.503 e. The van der Waals surface area contributed by atoms with E-state index in [-0.39, 0.29) is 18.1 Å². The molecule has 0 fully saturated rings. The summed E-state index contributed by atoms with van der Waals surface area (Å²) >= 11 is 0. The Kier molecular flexibility index (Phi) is 4.47. The minimum absolute atomic E-state index is 0.0243. The quantitative estimate of drug-likeness (QED) is 0.602. The number of carbonyl (C=O) groups excluding carboxylic acids is 1. The number of ether oxygens (including phenoxy) is 1. The van der Waals surface area contributed by atoms with Crippen LogP contribution in [0.3, 0.4) is 0 Å². The predicted octanol–water partition coefficient (Wildman–Crippen LogP) is 5.34. The van der Waals surface area contributed by atoms with Crippen LogP contribution < -0.4 is 5.32 Å². The molecule has 3 aromatic carbocycles. The smallest absolute Gasteiger partial charge is 0.411 e. The molecule has 142 valence electrons. The number of hydrogen-bond acceptors (Lipinski definition) is 3. The van der Waals surface area contributed by atoms with Gasteiger partial charge in [-0.1, -0.05) is 48.5 Å². The zero-order valence-electron chi connectivity index (χ0n) is 15.0. The number of aryl methyl sites for hydroxylation is 1. The van der Waals surface area contributed by atoms with Gasteiger partial charge in [0, 0.05) is 5.92 Å². The number of halogens is 2. The number of amides is 1. The van der Waals surface area contributed by atoms with Crippen molar-refractivity contribution in [2.24, 2.45) is 0 Å². The van der Waals surface area contributed by atoms with Crippen LogP contribution in [0.5, 0.6) is 5.75 Å². The summed E-state index contributed by atoms with van der Waals surface area (Å²) in [5.74, 6) is -3.05. The molecule has 0 spiro atoms. The van der Waals surface area contributed by atoms with E-state index in [1.165, 1.54) is 6.92 Å². The summed E-state index contributed by atoms with van der Waals surface area (Å²) in [5.41, 5.74) is 3.56. The maximum atomic E-state index is 14.1. The highest BCUT2D eigenvalue weighted by atomic mass is 19.1. The van der Waals surface area contributed by atoms with E-state index in [1.807, 2.05) is 48.5 Å². The monoisotopic (exact) mass is 381 g/mol. The number of anilines is 1. The molecule has 1 aliphatic rings. The second kappa shape index (κ2) is 6.96. The van der Waals surface area contributed by atoms with Gasteiger partial charge in [0.1, 0.15) is 12.3 Å². The van der Waals surface area contributed by atoms with Crippen LogP contribution in [0.1, 0.15) is 22.6 Å². The lowest BCUT2D eigenvalue weighted by atomic mass is 9.98. The van der Waals surface area contributed by atoms with Crippen LogP contribution in [0.4, 0.5) is 19.3 Å². The van der Waals surface area contributed by atoms with Crippen molar-refractivity contribution in [2.75, 3.05) is 11.9 Å². The molecule has 0 heterocycles. The molecule has 1 aliphatic carbocycles. The first kappa shape index (κ1) is 18.0. The summed E-state index contributed by atoms with van der Waals surface area (Å²) in [5, 5.41) is 11.8.